The number of carbonyl (C=O) groups excluding carboxylic acids is 2. The van der Waals surface area contributed by atoms with Crippen molar-refractivity contribution in [3.63, 3.8) is 0 Å². The summed E-state index contributed by atoms with van der Waals surface area (Å²) in [6.45, 7) is 0. The second-order valence-corrected chi connectivity index (χ2v) is 7.14. The first-order valence-electron chi connectivity index (χ1n) is 10.1. The Morgan fingerprint density at radius 3 is 2.32 bits per heavy atom. The van der Waals surface area contributed by atoms with Crippen LogP contribution in [0.2, 0.25) is 0 Å². The Kier molecular flexibility index (Phi) is 6.58. The number of aromatic nitrogens is 2. The molecule has 0 radical (unpaired) electrons. The van der Waals surface area contributed by atoms with Crippen LogP contribution in [-0.2, 0) is 0 Å². The molecule has 0 bridgehead atoms. The number of hydrogen-bond donors (Lipinski definition) is 4. The SMILES string of the molecule is O=C(NO)c1cc(NC(=O)c2cccc(O)c2)nc(-c2ccc(C#Cc3cccnc3)cc2)c1. The normalized spacial score (nSPS) is 10.0. The third-order valence-electron chi connectivity index (χ3n) is 4.73. The molecule has 0 saturated carbocycles. The molecule has 34 heavy (non-hydrogen) atoms. The van der Waals surface area contributed by atoms with Crippen LogP contribution in [0.5, 0.6) is 5.75 Å². The maximum Gasteiger partial charge on any atom is 0.274 e. The van der Waals surface area contributed by atoms with Crippen LogP contribution in [0.3, 0.4) is 0 Å². The van der Waals surface area contributed by atoms with E-state index in [0.29, 0.717) is 11.3 Å². The molecule has 2 aromatic carbocycles. The van der Waals surface area contributed by atoms with Gasteiger partial charge in [0, 0.05) is 40.2 Å². The molecule has 0 spiro atoms. The van der Waals surface area contributed by atoms with E-state index in [-0.39, 0.29) is 22.7 Å². The summed E-state index contributed by atoms with van der Waals surface area (Å²) in [6.07, 6.45) is 3.36. The summed E-state index contributed by atoms with van der Waals surface area (Å²) < 4.78 is 0. The molecular formula is C26H18N4O4. The van der Waals surface area contributed by atoms with Gasteiger partial charge in [0.1, 0.15) is 11.6 Å². The van der Waals surface area contributed by atoms with Crippen LogP contribution in [0.1, 0.15) is 31.8 Å². The summed E-state index contributed by atoms with van der Waals surface area (Å²) in [4.78, 5) is 33.1. The van der Waals surface area contributed by atoms with E-state index in [1.807, 2.05) is 24.3 Å². The van der Waals surface area contributed by atoms with Gasteiger partial charge < -0.3 is 10.4 Å². The lowest BCUT2D eigenvalue weighted by molar-refractivity contribution is 0.0706. The molecule has 2 amide bonds. The Morgan fingerprint density at radius 1 is 0.824 bits per heavy atom. The highest BCUT2D eigenvalue weighted by Crippen LogP contribution is 2.23. The third-order valence-corrected chi connectivity index (χ3v) is 4.73. The molecule has 0 atom stereocenters. The van der Waals surface area contributed by atoms with Gasteiger partial charge in [0.25, 0.3) is 11.8 Å². The lowest BCUT2D eigenvalue weighted by atomic mass is 10.1. The van der Waals surface area contributed by atoms with Crippen molar-refractivity contribution >= 4 is 17.6 Å². The Morgan fingerprint density at radius 2 is 1.62 bits per heavy atom. The topological polar surface area (TPSA) is 124 Å². The fourth-order valence-electron chi connectivity index (χ4n) is 3.08. The highest BCUT2D eigenvalue weighted by molar-refractivity contribution is 6.05. The predicted molar refractivity (Wildman–Crippen MR) is 125 cm³/mol. The fraction of sp³-hybridized carbons (Fsp3) is 0. The fourth-order valence-corrected chi connectivity index (χ4v) is 3.08. The summed E-state index contributed by atoms with van der Waals surface area (Å²) >= 11 is 0. The Bertz CT molecular complexity index is 1410. The van der Waals surface area contributed by atoms with E-state index in [1.165, 1.54) is 36.4 Å². The molecule has 8 heteroatoms. The molecule has 4 aromatic rings. The molecule has 0 unspecified atom stereocenters. The number of hydrogen-bond acceptors (Lipinski definition) is 6. The van der Waals surface area contributed by atoms with Crippen LogP contribution in [0.15, 0.2) is 85.2 Å². The number of nitrogens with zero attached hydrogens (tertiary/aromatic N) is 2. The van der Waals surface area contributed by atoms with Crippen molar-refractivity contribution in [2.45, 2.75) is 0 Å². The highest BCUT2D eigenvalue weighted by atomic mass is 16.5. The highest BCUT2D eigenvalue weighted by Gasteiger charge is 2.14. The zero-order valence-corrected chi connectivity index (χ0v) is 17.7. The molecule has 0 aliphatic carbocycles. The number of nitrogens with one attached hydrogen (secondary N) is 2. The van der Waals surface area contributed by atoms with Crippen molar-refractivity contribution in [1.29, 1.82) is 0 Å². The minimum Gasteiger partial charge on any atom is -0.508 e. The average Bonchev–Trinajstić information content (AvgIpc) is 2.87. The first-order chi connectivity index (χ1) is 16.5. The van der Waals surface area contributed by atoms with Gasteiger partial charge in [-0.1, -0.05) is 30.0 Å². The van der Waals surface area contributed by atoms with Gasteiger partial charge in [-0.05, 0) is 54.6 Å². The standard InChI is InChI=1S/C26H18N4O4/c31-22-5-1-4-20(13-22)25(32)29-24-15-21(26(33)30-34)14-23(28-24)19-10-8-17(9-11-19)6-7-18-3-2-12-27-16-18/h1-5,8-16,31,34H,(H,30,33)(H,28,29,32). The molecule has 0 saturated heterocycles. The number of anilines is 1. The van der Waals surface area contributed by atoms with Crippen molar-refractivity contribution in [1.82, 2.24) is 15.4 Å². The minimum absolute atomic E-state index is 0.0542. The second kappa shape index (κ2) is 10.1. The Balaban J connectivity index is 1.62. The van der Waals surface area contributed by atoms with E-state index in [4.69, 9.17) is 5.21 Å². The number of carbonyl (C=O) groups is 2. The number of benzene rings is 2. The predicted octanol–water partition coefficient (Wildman–Crippen LogP) is 3.62. The van der Waals surface area contributed by atoms with Crippen molar-refractivity contribution in [2.75, 3.05) is 5.32 Å². The van der Waals surface area contributed by atoms with Crippen molar-refractivity contribution in [2.24, 2.45) is 0 Å². The van der Waals surface area contributed by atoms with E-state index in [2.05, 4.69) is 27.1 Å². The van der Waals surface area contributed by atoms with Crippen LogP contribution in [0.4, 0.5) is 5.82 Å². The van der Waals surface area contributed by atoms with E-state index in [0.717, 1.165) is 11.1 Å². The number of amides is 2. The summed E-state index contributed by atoms with van der Waals surface area (Å²) in [7, 11) is 0. The summed E-state index contributed by atoms with van der Waals surface area (Å²) in [5.74, 6) is 4.86. The summed E-state index contributed by atoms with van der Waals surface area (Å²) in [5, 5.41) is 21.3. The lowest BCUT2D eigenvalue weighted by Gasteiger charge is -2.10. The monoisotopic (exact) mass is 450 g/mol. The van der Waals surface area contributed by atoms with Crippen molar-refractivity contribution in [3.05, 3.63) is 107 Å². The second-order valence-electron chi connectivity index (χ2n) is 7.14. The zero-order valence-electron chi connectivity index (χ0n) is 17.7. The van der Waals surface area contributed by atoms with E-state index >= 15 is 0 Å². The van der Waals surface area contributed by atoms with Crippen LogP contribution < -0.4 is 10.8 Å². The summed E-state index contributed by atoms with van der Waals surface area (Å²) in [5.41, 5.74) is 4.54. The quantitative estimate of drug-likeness (QED) is 0.214. The summed E-state index contributed by atoms with van der Waals surface area (Å²) in [6, 6.07) is 19.5. The average molecular weight is 450 g/mol. The smallest absolute Gasteiger partial charge is 0.274 e. The molecule has 4 rings (SSSR count). The molecule has 2 heterocycles. The van der Waals surface area contributed by atoms with E-state index < -0.39 is 11.8 Å². The lowest BCUT2D eigenvalue weighted by Crippen LogP contribution is -2.20. The van der Waals surface area contributed by atoms with Gasteiger partial charge in [0.2, 0.25) is 0 Å². The maximum atomic E-state index is 12.6. The van der Waals surface area contributed by atoms with Crippen LogP contribution in [0.25, 0.3) is 11.3 Å². The number of hydroxylamine groups is 1. The molecule has 4 N–H and O–H groups in total. The van der Waals surface area contributed by atoms with Gasteiger partial charge in [-0.25, -0.2) is 10.5 Å². The van der Waals surface area contributed by atoms with Gasteiger partial charge in [-0.2, -0.15) is 0 Å². The number of phenols is 1. The van der Waals surface area contributed by atoms with Gasteiger partial charge in [0.05, 0.1) is 5.69 Å². The molecule has 0 aliphatic heterocycles. The van der Waals surface area contributed by atoms with Crippen molar-refractivity contribution in [3.8, 4) is 28.8 Å². The van der Waals surface area contributed by atoms with Crippen LogP contribution >= 0.6 is 0 Å². The minimum atomic E-state index is -0.754. The molecule has 2 aromatic heterocycles. The number of phenolic OH excluding ortho intramolecular Hbond substituents is 1. The van der Waals surface area contributed by atoms with E-state index in [1.54, 1.807) is 30.0 Å². The third kappa shape index (κ3) is 5.43. The maximum absolute atomic E-state index is 12.6. The largest absolute Gasteiger partial charge is 0.508 e. The van der Waals surface area contributed by atoms with Crippen molar-refractivity contribution < 1.29 is 19.9 Å². The van der Waals surface area contributed by atoms with Crippen LogP contribution in [0, 0.1) is 11.8 Å². The first kappa shape index (κ1) is 22.2. The molecule has 8 nitrogen and oxygen atoms in total. The number of rotatable bonds is 4. The van der Waals surface area contributed by atoms with Crippen LogP contribution in [-0.4, -0.2) is 32.1 Å². The number of pyridine rings is 2. The molecular weight excluding hydrogens is 432 g/mol. The molecule has 0 aliphatic rings. The van der Waals surface area contributed by atoms with Gasteiger partial charge in [0.15, 0.2) is 0 Å². The number of aromatic hydroxyl groups is 1. The van der Waals surface area contributed by atoms with E-state index in [9.17, 15) is 14.7 Å². The Labute approximate surface area is 194 Å². The molecule has 0 fully saturated rings. The van der Waals surface area contributed by atoms with Gasteiger partial charge >= 0.3 is 0 Å². The Hall–Kier alpha value is -5.00. The molecule has 166 valence electrons. The first-order valence-corrected chi connectivity index (χ1v) is 10.1. The zero-order chi connectivity index (χ0) is 23.9. The van der Waals surface area contributed by atoms with Gasteiger partial charge in [-0.15, -0.1) is 0 Å². The van der Waals surface area contributed by atoms with Gasteiger partial charge in [-0.3, -0.25) is 19.8 Å².